The van der Waals surface area contributed by atoms with Crippen LogP contribution in [0.5, 0.6) is 0 Å². The van der Waals surface area contributed by atoms with E-state index in [1.54, 1.807) is 11.3 Å². The van der Waals surface area contributed by atoms with Crippen molar-refractivity contribution < 1.29 is 5.11 Å². The third-order valence-corrected chi connectivity index (χ3v) is 2.64. The van der Waals surface area contributed by atoms with Crippen LogP contribution >= 0.6 is 11.3 Å². The molecule has 1 atom stereocenters. The minimum atomic E-state index is 0.162. The van der Waals surface area contributed by atoms with E-state index in [1.807, 2.05) is 36.5 Å². The Labute approximate surface area is 71.1 Å². The van der Waals surface area contributed by atoms with Crippen molar-refractivity contribution in [3.05, 3.63) is 22.4 Å². The topological polar surface area (TPSA) is 23.5 Å². The Balaban J connectivity index is 2.71. The van der Waals surface area contributed by atoms with Gasteiger partial charge in [0.2, 0.25) is 0 Å². The highest BCUT2D eigenvalue weighted by Gasteiger charge is 2.12. The zero-order chi connectivity index (χ0) is 8.27. The van der Waals surface area contributed by atoms with Crippen molar-refractivity contribution in [1.82, 2.24) is 4.90 Å². The first-order chi connectivity index (χ1) is 5.25. The number of rotatable bonds is 3. The number of nitrogens with zero attached hydrogens (tertiary/aromatic N) is 1. The molecule has 0 radical (unpaired) electrons. The second kappa shape index (κ2) is 3.85. The van der Waals surface area contributed by atoms with Gasteiger partial charge in [-0.1, -0.05) is 6.07 Å². The van der Waals surface area contributed by atoms with Crippen molar-refractivity contribution in [3.63, 3.8) is 0 Å². The molecule has 0 bridgehead atoms. The summed E-state index contributed by atoms with van der Waals surface area (Å²) in [5, 5.41) is 11.1. The normalized spacial score (nSPS) is 13.8. The highest BCUT2D eigenvalue weighted by molar-refractivity contribution is 7.10. The van der Waals surface area contributed by atoms with Gasteiger partial charge in [-0.25, -0.2) is 0 Å². The monoisotopic (exact) mass is 171 g/mol. The summed E-state index contributed by atoms with van der Waals surface area (Å²) >= 11 is 1.68. The van der Waals surface area contributed by atoms with Crippen LogP contribution in [0.3, 0.4) is 0 Å². The SMILES string of the molecule is CN(C)[C@H](CO)c1cccs1. The Morgan fingerprint density at radius 2 is 2.36 bits per heavy atom. The molecule has 0 aromatic carbocycles. The van der Waals surface area contributed by atoms with Gasteiger partial charge >= 0.3 is 0 Å². The summed E-state index contributed by atoms with van der Waals surface area (Å²) in [7, 11) is 3.95. The molecule has 1 heterocycles. The molecule has 0 saturated heterocycles. The zero-order valence-corrected chi connectivity index (χ0v) is 7.64. The molecule has 1 aromatic rings. The zero-order valence-electron chi connectivity index (χ0n) is 6.82. The van der Waals surface area contributed by atoms with Gasteiger partial charge in [-0.15, -0.1) is 11.3 Å². The van der Waals surface area contributed by atoms with Crippen LogP contribution in [-0.4, -0.2) is 30.7 Å². The van der Waals surface area contributed by atoms with Crippen LogP contribution < -0.4 is 0 Å². The maximum absolute atomic E-state index is 9.03. The third kappa shape index (κ3) is 2.02. The molecular formula is C8H13NOS. The largest absolute Gasteiger partial charge is 0.394 e. The molecule has 11 heavy (non-hydrogen) atoms. The van der Waals surface area contributed by atoms with Crippen LogP contribution in [-0.2, 0) is 0 Å². The molecule has 1 N–H and O–H groups in total. The summed E-state index contributed by atoms with van der Waals surface area (Å²) in [6.07, 6.45) is 0. The maximum atomic E-state index is 9.03. The van der Waals surface area contributed by atoms with Gasteiger partial charge in [-0.3, -0.25) is 4.90 Å². The van der Waals surface area contributed by atoms with E-state index in [0.29, 0.717) is 0 Å². The van der Waals surface area contributed by atoms with Crippen LogP contribution in [0.2, 0.25) is 0 Å². The summed E-state index contributed by atoms with van der Waals surface area (Å²) < 4.78 is 0. The predicted molar refractivity (Wildman–Crippen MR) is 47.8 cm³/mol. The van der Waals surface area contributed by atoms with Crippen molar-refractivity contribution in [2.24, 2.45) is 0 Å². The second-order valence-corrected chi connectivity index (χ2v) is 3.66. The highest BCUT2D eigenvalue weighted by atomic mass is 32.1. The molecule has 62 valence electrons. The fourth-order valence-electron chi connectivity index (χ4n) is 0.989. The van der Waals surface area contributed by atoms with Crippen molar-refractivity contribution in [3.8, 4) is 0 Å². The first kappa shape index (κ1) is 8.71. The summed E-state index contributed by atoms with van der Waals surface area (Å²) in [6.45, 7) is 0.188. The minimum Gasteiger partial charge on any atom is -0.394 e. The molecule has 3 heteroatoms. The maximum Gasteiger partial charge on any atom is 0.0669 e. The van der Waals surface area contributed by atoms with Gasteiger partial charge in [0.15, 0.2) is 0 Å². The number of thiophene rings is 1. The van der Waals surface area contributed by atoms with Crippen molar-refractivity contribution in [2.45, 2.75) is 6.04 Å². The summed E-state index contributed by atoms with van der Waals surface area (Å²) in [5.74, 6) is 0. The Morgan fingerprint density at radius 3 is 2.73 bits per heavy atom. The molecule has 0 unspecified atom stereocenters. The first-order valence-electron chi connectivity index (χ1n) is 3.56. The Hall–Kier alpha value is -0.380. The molecule has 0 spiro atoms. The average Bonchev–Trinajstić information content (AvgIpc) is 2.40. The molecule has 1 rings (SSSR count). The average molecular weight is 171 g/mol. The molecule has 0 amide bonds. The van der Waals surface area contributed by atoms with E-state index >= 15 is 0 Å². The molecule has 0 aliphatic heterocycles. The lowest BCUT2D eigenvalue weighted by molar-refractivity contribution is 0.173. The van der Waals surface area contributed by atoms with Gasteiger partial charge in [0.1, 0.15) is 0 Å². The van der Waals surface area contributed by atoms with Crippen LogP contribution in [0.15, 0.2) is 17.5 Å². The summed E-state index contributed by atoms with van der Waals surface area (Å²) in [5.41, 5.74) is 0. The number of hydrogen-bond acceptors (Lipinski definition) is 3. The molecule has 0 aliphatic rings. The van der Waals surface area contributed by atoms with E-state index in [0.717, 1.165) is 0 Å². The number of aliphatic hydroxyl groups excluding tert-OH is 1. The van der Waals surface area contributed by atoms with Crippen LogP contribution in [0.4, 0.5) is 0 Å². The molecule has 0 fully saturated rings. The van der Waals surface area contributed by atoms with Gasteiger partial charge in [0.05, 0.1) is 12.6 Å². The van der Waals surface area contributed by atoms with E-state index < -0.39 is 0 Å². The van der Waals surface area contributed by atoms with E-state index in [1.165, 1.54) is 4.88 Å². The van der Waals surface area contributed by atoms with Gasteiger partial charge in [0, 0.05) is 4.88 Å². The lowest BCUT2D eigenvalue weighted by Gasteiger charge is -2.20. The predicted octanol–water partition coefficient (Wildman–Crippen LogP) is 1.34. The fourth-order valence-corrected chi connectivity index (χ4v) is 1.90. The van der Waals surface area contributed by atoms with Crippen LogP contribution in [0.25, 0.3) is 0 Å². The summed E-state index contributed by atoms with van der Waals surface area (Å²) in [6, 6.07) is 4.22. The molecule has 2 nitrogen and oxygen atoms in total. The van der Waals surface area contributed by atoms with Crippen LogP contribution in [0, 0.1) is 0 Å². The van der Waals surface area contributed by atoms with E-state index in [-0.39, 0.29) is 12.6 Å². The Bertz CT molecular complexity index is 196. The molecule has 1 aromatic heterocycles. The van der Waals surface area contributed by atoms with Crippen molar-refractivity contribution >= 4 is 11.3 Å². The quantitative estimate of drug-likeness (QED) is 0.742. The fraction of sp³-hybridized carbons (Fsp3) is 0.500. The lowest BCUT2D eigenvalue weighted by atomic mass is 10.2. The van der Waals surface area contributed by atoms with Gasteiger partial charge in [-0.2, -0.15) is 0 Å². The molecular weight excluding hydrogens is 158 g/mol. The minimum absolute atomic E-state index is 0.162. The number of hydrogen-bond donors (Lipinski definition) is 1. The summed E-state index contributed by atoms with van der Waals surface area (Å²) in [4.78, 5) is 3.24. The second-order valence-electron chi connectivity index (χ2n) is 2.68. The van der Waals surface area contributed by atoms with E-state index in [2.05, 4.69) is 0 Å². The molecule has 0 saturated carbocycles. The number of likely N-dealkylation sites (N-methyl/N-ethyl adjacent to an activating group) is 1. The van der Waals surface area contributed by atoms with Gasteiger partial charge in [0.25, 0.3) is 0 Å². The van der Waals surface area contributed by atoms with Crippen molar-refractivity contribution in [1.29, 1.82) is 0 Å². The van der Waals surface area contributed by atoms with Gasteiger partial charge < -0.3 is 5.11 Å². The van der Waals surface area contributed by atoms with Crippen LogP contribution in [0.1, 0.15) is 10.9 Å². The van der Waals surface area contributed by atoms with E-state index in [4.69, 9.17) is 5.11 Å². The first-order valence-corrected chi connectivity index (χ1v) is 4.44. The standard InChI is InChI=1S/C8H13NOS/c1-9(2)7(6-10)8-4-3-5-11-8/h3-5,7,10H,6H2,1-2H3/t7-/m1/s1. The van der Waals surface area contributed by atoms with Gasteiger partial charge in [-0.05, 0) is 25.5 Å². The van der Waals surface area contributed by atoms with E-state index in [9.17, 15) is 0 Å². The third-order valence-electron chi connectivity index (χ3n) is 1.67. The number of aliphatic hydroxyl groups is 1. The smallest absolute Gasteiger partial charge is 0.0669 e. The highest BCUT2D eigenvalue weighted by Crippen LogP contribution is 2.21. The Morgan fingerprint density at radius 1 is 1.64 bits per heavy atom. The van der Waals surface area contributed by atoms with Crippen molar-refractivity contribution in [2.75, 3.05) is 20.7 Å². The lowest BCUT2D eigenvalue weighted by Crippen LogP contribution is -2.21. The molecule has 0 aliphatic carbocycles. The Kier molecular flexibility index (Phi) is 3.05.